The third kappa shape index (κ3) is 9.35. The summed E-state index contributed by atoms with van der Waals surface area (Å²) in [7, 11) is 0. The van der Waals surface area contributed by atoms with Crippen LogP contribution in [0.2, 0.25) is 0 Å². The molecule has 0 atom stereocenters. The fraction of sp³-hybridized carbons (Fsp3) is 0.941. The summed E-state index contributed by atoms with van der Waals surface area (Å²) in [5, 5.41) is 0. The lowest BCUT2D eigenvalue weighted by Gasteiger charge is -2.31. The fourth-order valence-electron chi connectivity index (χ4n) is 2.36. The lowest BCUT2D eigenvalue weighted by atomic mass is 9.93. The van der Waals surface area contributed by atoms with Crippen LogP contribution in [0.15, 0.2) is 0 Å². The van der Waals surface area contributed by atoms with Crippen LogP contribution < -0.4 is 5.73 Å². The van der Waals surface area contributed by atoms with Crippen LogP contribution in [-0.4, -0.2) is 30.4 Å². The predicted octanol–water partition coefficient (Wildman–Crippen LogP) is 3.96. The number of unbranched alkanes of at least 4 members (excludes halogenated alkanes) is 5. The number of hydrogen-bond donors (Lipinski definition) is 1. The second-order valence-corrected chi connectivity index (χ2v) is 6.70. The topological polar surface area (TPSA) is 46.3 Å². The van der Waals surface area contributed by atoms with Gasteiger partial charge in [0.15, 0.2) is 0 Å². The first kappa shape index (κ1) is 19.4. The average molecular weight is 284 g/mol. The molecule has 0 aromatic heterocycles. The van der Waals surface area contributed by atoms with Gasteiger partial charge in [-0.05, 0) is 24.8 Å². The number of rotatable bonds is 12. The first-order valence-corrected chi connectivity index (χ1v) is 8.44. The minimum atomic E-state index is 0.0198. The fourth-order valence-corrected chi connectivity index (χ4v) is 2.36. The van der Waals surface area contributed by atoms with Gasteiger partial charge in [-0.2, -0.15) is 0 Å². The van der Waals surface area contributed by atoms with E-state index >= 15 is 0 Å². The summed E-state index contributed by atoms with van der Waals surface area (Å²) < 4.78 is 0. The number of carbonyl (C=O) groups excluding carboxylic acids is 1. The Bertz CT molecular complexity index is 251. The third-order valence-corrected chi connectivity index (χ3v) is 3.76. The van der Waals surface area contributed by atoms with Crippen molar-refractivity contribution in [1.29, 1.82) is 0 Å². The zero-order valence-electron chi connectivity index (χ0n) is 14.2. The number of amides is 1. The van der Waals surface area contributed by atoms with Gasteiger partial charge in [-0.25, -0.2) is 0 Å². The molecule has 0 unspecified atom stereocenters. The molecule has 0 saturated heterocycles. The molecule has 0 saturated carbocycles. The Balaban J connectivity index is 4.03. The zero-order valence-corrected chi connectivity index (χ0v) is 14.2. The second-order valence-electron chi connectivity index (χ2n) is 6.70. The average Bonchev–Trinajstić information content (AvgIpc) is 2.42. The van der Waals surface area contributed by atoms with Gasteiger partial charge in [0.1, 0.15) is 0 Å². The smallest absolute Gasteiger partial charge is 0.222 e. The Kier molecular flexibility index (Phi) is 10.8. The van der Waals surface area contributed by atoms with E-state index in [1.807, 2.05) is 4.90 Å². The molecule has 0 aliphatic heterocycles. The number of nitrogens with zero attached hydrogens (tertiary/aromatic N) is 1. The molecule has 0 bridgehead atoms. The summed E-state index contributed by atoms with van der Waals surface area (Å²) in [6.07, 6.45) is 9.11. The van der Waals surface area contributed by atoms with Crippen LogP contribution >= 0.6 is 0 Å². The minimum Gasteiger partial charge on any atom is -0.342 e. The van der Waals surface area contributed by atoms with Gasteiger partial charge in [-0.15, -0.1) is 0 Å². The van der Waals surface area contributed by atoms with Gasteiger partial charge in [0, 0.05) is 19.5 Å². The van der Waals surface area contributed by atoms with Gasteiger partial charge in [0.2, 0.25) is 5.91 Å². The van der Waals surface area contributed by atoms with Crippen LogP contribution in [0.1, 0.15) is 79.1 Å². The molecule has 0 aromatic carbocycles. The zero-order chi connectivity index (χ0) is 15.4. The summed E-state index contributed by atoms with van der Waals surface area (Å²) in [6.45, 7) is 10.9. The lowest BCUT2D eigenvalue weighted by molar-refractivity contribution is -0.132. The molecule has 0 heterocycles. The normalized spacial score (nSPS) is 11.7. The molecule has 0 rings (SSSR count). The molecule has 0 spiro atoms. The number of hydrogen-bond acceptors (Lipinski definition) is 2. The van der Waals surface area contributed by atoms with E-state index < -0.39 is 0 Å². The molecular weight excluding hydrogens is 248 g/mol. The Labute approximate surface area is 126 Å². The van der Waals surface area contributed by atoms with Crippen molar-refractivity contribution in [3.63, 3.8) is 0 Å². The molecule has 3 nitrogen and oxygen atoms in total. The standard InChI is InChI=1S/C17H36N2O/c1-5-7-8-9-10-11-12-16(20)19(13-6-2)15-17(3,4)14-18/h5-15,18H2,1-4H3. The summed E-state index contributed by atoms with van der Waals surface area (Å²) in [4.78, 5) is 14.3. The Morgan fingerprint density at radius 2 is 1.60 bits per heavy atom. The Morgan fingerprint density at radius 3 is 2.15 bits per heavy atom. The van der Waals surface area contributed by atoms with Crippen molar-refractivity contribution in [1.82, 2.24) is 4.90 Å². The molecule has 0 radical (unpaired) electrons. The van der Waals surface area contributed by atoms with Crippen molar-refractivity contribution in [3.05, 3.63) is 0 Å². The van der Waals surface area contributed by atoms with E-state index in [1.54, 1.807) is 0 Å². The van der Waals surface area contributed by atoms with Gasteiger partial charge in [-0.1, -0.05) is 59.8 Å². The molecule has 0 aromatic rings. The van der Waals surface area contributed by atoms with Crippen LogP contribution in [0.5, 0.6) is 0 Å². The van der Waals surface area contributed by atoms with E-state index in [-0.39, 0.29) is 5.41 Å². The van der Waals surface area contributed by atoms with Gasteiger partial charge in [0.05, 0.1) is 0 Å². The summed E-state index contributed by atoms with van der Waals surface area (Å²) in [6, 6.07) is 0. The highest BCUT2D eigenvalue weighted by Crippen LogP contribution is 2.17. The van der Waals surface area contributed by atoms with Gasteiger partial charge in [-0.3, -0.25) is 4.79 Å². The highest BCUT2D eigenvalue weighted by Gasteiger charge is 2.22. The Hall–Kier alpha value is -0.570. The first-order valence-electron chi connectivity index (χ1n) is 8.44. The van der Waals surface area contributed by atoms with Crippen molar-refractivity contribution in [2.24, 2.45) is 11.1 Å². The van der Waals surface area contributed by atoms with Gasteiger partial charge >= 0.3 is 0 Å². The molecule has 2 N–H and O–H groups in total. The van der Waals surface area contributed by atoms with E-state index in [2.05, 4.69) is 27.7 Å². The van der Waals surface area contributed by atoms with E-state index in [9.17, 15) is 4.79 Å². The van der Waals surface area contributed by atoms with Gasteiger partial charge < -0.3 is 10.6 Å². The van der Waals surface area contributed by atoms with E-state index in [0.717, 1.165) is 25.9 Å². The summed E-state index contributed by atoms with van der Waals surface area (Å²) in [5.41, 5.74) is 5.80. The van der Waals surface area contributed by atoms with Crippen molar-refractivity contribution in [2.45, 2.75) is 79.1 Å². The second kappa shape index (κ2) is 11.1. The van der Waals surface area contributed by atoms with Crippen molar-refractivity contribution >= 4 is 5.91 Å². The van der Waals surface area contributed by atoms with E-state index in [0.29, 0.717) is 18.9 Å². The maximum atomic E-state index is 12.3. The van der Waals surface area contributed by atoms with Crippen LogP contribution in [0, 0.1) is 5.41 Å². The largest absolute Gasteiger partial charge is 0.342 e. The molecule has 0 aliphatic carbocycles. The Morgan fingerprint density at radius 1 is 1.00 bits per heavy atom. The van der Waals surface area contributed by atoms with Crippen LogP contribution in [0.3, 0.4) is 0 Å². The molecule has 0 aliphatic rings. The summed E-state index contributed by atoms with van der Waals surface area (Å²) in [5.74, 6) is 0.309. The van der Waals surface area contributed by atoms with Crippen LogP contribution in [-0.2, 0) is 4.79 Å². The molecule has 20 heavy (non-hydrogen) atoms. The molecular formula is C17H36N2O. The van der Waals surface area contributed by atoms with Crippen LogP contribution in [0.25, 0.3) is 0 Å². The monoisotopic (exact) mass is 284 g/mol. The van der Waals surface area contributed by atoms with Crippen molar-refractivity contribution < 1.29 is 4.79 Å². The lowest BCUT2D eigenvalue weighted by Crippen LogP contribution is -2.42. The number of nitrogens with two attached hydrogens (primary N) is 1. The summed E-state index contributed by atoms with van der Waals surface area (Å²) >= 11 is 0. The quantitative estimate of drug-likeness (QED) is 0.551. The van der Waals surface area contributed by atoms with Crippen molar-refractivity contribution in [3.8, 4) is 0 Å². The highest BCUT2D eigenvalue weighted by molar-refractivity contribution is 5.76. The van der Waals surface area contributed by atoms with E-state index in [4.69, 9.17) is 5.73 Å². The van der Waals surface area contributed by atoms with Crippen LogP contribution in [0.4, 0.5) is 0 Å². The first-order chi connectivity index (χ1) is 9.46. The molecule has 0 fully saturated rings. The minimum absolute atomic E-state index is 0.0198. The highest BCUT2D eigenvalue weighted by atomic mass is 16.2. The maximum absolute atomic E-state index is 12.3. The molecule has 120 valence electrons. The molecule has 1 amide bonds. The maximum Gasteiger partial charge on any atom is 0.222 e. The van der Waals surface area contributed by atoms with Crippen molar-refractivity contribution in [2.75, 3.05) is 19.6 Å². The third-order valence-electron chi connectivity index (χ3n) is 3.76. The van der Waals surface area contributed by atoms with Gasteiger partial charge in [0.25, 0.3) is 0 Å². The predicted molar refractivity (Wildman–Crippen MR) is 87.7 cm³/mol. The van der Waals surface area contributed by atoms with E-state index in [1.165, 1.54) is 32.1 Å². The number of carbonyl (C=O) groups is 1. The molecule has 3 heteroatoms. The SMILES string of the molecule is CCCCCCCCC(=O)N(CCC)CC(C)(C)CN.